The minimum Gasteiger partial charge on any atom is -0.479 e. The van der Waals surface area contributed by atoms with Crippen LogP contribution >= 0.6 is 0 Å². The first-order chi connectivity index (χ1) is 18.0. The van der Waals surface area contributed by atoms with Crippen LogP contribution in [0.15, 0.2) is 48.5 Å². The molecule has 0 aliphatic carbocycles. The highest BCUT2D eigenvalue weighted by Crippen LogP contribution is 2.14. The van der Waals surface area contributed by atoms with Gasteiger partial charge in [-0.1, -0.05) is 89.0 Å². The zero-order valence-electron chi connectivity index (χ0n) is 22.1. The molecule has 0 aliphatic heterocycles. The second-order valence-electron chi connectivity index (χ2n) is 9.41. The monoisotopic (exact) mass is 507 g/mol. The van der Waals surface area contributed by atoms with Crippen LogP contribution < -0.4 is 5.32 Å². The van der Waals surface area contributed by atoms with Crippen molar-refractivity contribution in [2.24, 2.45) is 0 Å². The Hall–Kier alpha value is -3.21. The summed E-state index contributed by atoms with van der Waals surface area (Å²) in [6.07, 6.45) is 12.6. The Morgan fingerprint density at radius 3 is 1.86 bits per heavy atom. The smallest absolute Gasteiger partial charge is 0.331 e. The third kappa shape index (κ3) is 13.1. The van der Waals surface area contributed by atoms with Gasteiger partial charge in [0.25, 0.3) is 5.91 Å². The van der Waals surface area contributed by atoms with Crippen molar-refractivity contribution in [2.75, 3.05) is 13.2 Å². The fourth-order valence-corrected chi connectivity index (χ4v) is 4.06. The molecule has 0 aromatic heterocycles. The third-order valence-electron chi connectivity index (χ3n) is 6.20. The molecule has 0 bridgehead atoms. The van der Waals surface area contributed by atoms with Gasteiger partial charge in [-0.05, 0) is 41.8 Å². The molecule has 7 heteroatoms. The first-order valence-corrected chi connectivity index (χ1v) is 13.5. The second kappa shape index (κ2) is 18.1. The quantitative estimate of drug-likeness (QED) is 0.173. The molecule has 0 spiro atoms. The highest BCUT2D eigenvalue weighted by molar-refractivity contribution is 5.94. The van der Waals surface area contributed by atoms with Crippen molar-refractivity contribution in [3.05, 3.63) is 70.8 Å². The number of carboxylic acids is 1. The van der Waals surface area contributed by atoms with Gasteiger partial charge in [-0.25, -0.2) is 4.79 Å². The first kappa shape index (κ1) is 30.0. The van der Waals surface area contributed by atoms with Gasteiger partial charge in [-0.3, -0.25) is 9.63 Å². The summed E-state index contributed by atoms with van der Waals surface area (Å²) in [6, 6.07) is 16.4. The minimum atomic E-state index is -1.06. The predicted molar refractivity (Wildman–Crippen MR) is 145 cm³/mol. The van der Waals surface area contributed by atoms with Crippen LogP contribution in [0.5, 0.6) is 0 Å². The number of nitriles is 1. The van der Waals surface area contributed by atoms with Crippen LogP contribution in [-0.4, -0.2) is 35.2 Å². The van der Waals surface area contributed by atoms with E-state index in [1.165, 1.54) is 51.4 Å². The summed E-state index contributed by atoms with van der Waals surface area (Å²) >= 11 is 0. The molecule has 0 unspecified atom stereocenters. The van der Waals surface area contributed by atoms with Gasteiger partial charge in [0.05, 0.1) is 11.6 Å². The van der Waals surface area contributed by atoms with Crippen LogP contribution in [0.4, 0.5) is 0 Å². The third-order valence-corrected chi connectivity index (χ3v) is 6.20. The Labute approximate surface area is 221 Å². The maximum atomic E-state index is 12.5. The van der Waals surface area contributed by atoms with Crippen molar-refractivity contribution in [1.29, 1.82) is 5.26 Å². The highest BCUT2D eigenvalue weighted by Gasteiger charge is 2.12. The second-order valence-corrected chi connectivity index (χ2v) is 9.41. The minimum absolute atomic E-state index is 0.0842. The van der Waals surface area contributed by atoms with Crippen molar-refractivity contribution >= 4 is 11.9 Å². The van der Waals surface area contributed by atoms with Crippen LogP contribution in [0, 0.1) is 11.3 Å². The molecule has 0 fully saturated rings. The number of nitrogens with zero attached hydrogens (tertiary/aromatic N) is 2. The van der Waals surface area contributed by atoms with E-state index in [0.29, 0.717) is 30.8 Å². The number of rotatable bonds is 19. The lowest BCUT2D eigenvalue weighted by molar-refractivity contribution is -0.190. The molecular weight excluding hydrogens is 466 g/mol. The number of carboxylic acid groups (broad SMARTS) is 1. The summed E-state index contributed by atoms with van der Waals surface area (Å²) in [6.45, 7) is 3.19. The number of carbonyl (C=O) groups excluding carboxylic acids is 1. The van der Waals surface area contributed by atoms with E-state index in [1.807, 2.05) is 24.3 Å². The molecule has 0 radical (unpaired) electrons. The van der Waals surface area contributed by atoms with Crippen LogP contribution in [-0.2, 0) is 22.7 Å². The maximum absolute atomic E-state index is 12.5. The number of unbranched alkanes of at least 4 members (excludes halogenated alkanes) is 9. The van der Waals surface area contributed by atoms with Gasteiger partial charge in [0.1, 0.15) is 0 Å². The molecule has 0 saturated heterocycles. The summed E-state index contributed by atoms with van der Waals surface area (Å²) in [5, 5.41) is 22.5. The van der Waals surface area contributed by atoms with E-state index in [2.05, 4.69) is 18.3 Å². The summed E-state index contributed by atoms with van der Waals surface area (Å²) < 4.78 is 0. The Balaban J connectivity index is 1.73. The van der Waals surface area contributed by atoms with Crippen LogP contribution in [0.25, 0.3) is 0 Å². The van der Waals surface area contributed by atoms with Gasteiger partial charge in [0, 0.05) is 25.2 Å². The Morgan fingerprint density at radius 2 is 1.35 bits per heavy atom. The number of hydrogen-bond donors (Lipinski definition) is 2. The van der Waals surface area contributed by atoms with Crippen molar-refractivity contribution in [2.45, 2.75) is 84.2 Å². The lowest BCUT2D eigenvalue weighted by Gasteiger charge is -2.21. The van der Waals surface area contributed by atoms with E-state index in [0.717, 1.165) is 24.0 Å². The van der Waals surface area contributed by atoms with Gasteiger partial charge >= 0.3 is 5.97 Å². The molecule has 37 heavy (non-hydrogen) atoms. The first-order valence-electron chi connectivity index (χ1n) is 13.5. The summed E-state index contributed by atoms with van der Waals surface area (Å²) in [5.74, 6) is -1.14. The average molecular weight is 508 g/mol. The molecular formula is C30H41N3O4. The van der Waals surface area contributed by atoms with Crippen molar-refractivity contribution < 1.29 is 19.5 Å². The molecule has 2 rings (SSSR count). The summed E-state index contributed by atoms with van der Waals surface area (Å²) in [4.78, 5) is 28.9. The van der Waals surface area contributed by atoms with Crippen LogP contribution in [0.3, 0.4) is 0 Å². The van der Waals surface area contributed by atoms with Crippen molar-refractivity contribution in [3.8, 4) is 6.07 Å². The van der Waals surface area contributed by atoms with Crippen LogP contribution in [0.1, 0.15) is 98.2 Å². The fourth-order valence-electron chi connectivity index (χ4n) is 4.06. The number of hydrogen-bond acceptors (Lipinski definition) is 5. The van der Waals surface area contributed by atoms with Gasteiger partial charge in [-0.2, -0.15) is 10.3 Å². The Kier molecular flexibility index (Phi) is 14.7. The number of hydroxylamine groups is 2. The van der Waals surface area contributed by atoms with E-state index in [1.54, 1.807) is 29.3 Å². The molecule has 2 aromatic rings. The molecule has 0 atom stereocenters. The maximum Gasteiger partial charge on any atom is 0.331 e. The number of nitrogens with one attached hydrogen (secondary N) is 1. The molecule has 0 saturated carbocycles. The summed E-state index contributed by atoms with van der Waals surface area (Å²) in [5.41, 5.74) is 2.95. The average Bonchev–Trinajstić information content (AvgIpc) is 2.91. The molecule has 200 valence electrons. The lowest BCUT2D eigenvalue weighted by Crippen LogP contribution is -2.26. The van der Waals surface area contributed by atoms with Crippen molar-refractivity contribution in [3.63, 3.8) is 0 Å². The van der Waals surface area contributed by atoms with E-state index < -0.39 is 12.6 Å². The number of aliphatic carboxylic acids is 1. The molecule has 1 amide bonds. The highest BCUT2D eigenvalue weighted by atomic mass is 16.7. The van der Waals surface area contributed by atoms with E-state index >= 15 is 0 Å². The standard InChI is InChI=1S/C30H41N3O4/c1-2-3-4-5-6-7-8-9-10-11-20-32-30(36)28-18-16-27(17-19-28)23-33(37-24-29(34)35)22-26-14-12-25(21-31)13-15-26/h12-19H,2-11,20,22-24H2,1H3,(H,32,36)(H,34,35). The fraction of sp³-hybridized carbons (Fsp3) is 0.500. The zero-order valence-corrected chi connectivity index (χ0v) is 22.1. The van der Waals surface area contributed by atoms with Gasteiger partial charge in [-0.15, -0.1) is 0 Å². The zero-order chi connectivity index (χ0) is 26.7. The molecule has 2 aromatic carbocycles. The van der Waals surface area contributed by atoms with Gasteiger partial charge in [0.15, 0.2) is 6.61 Å². The SMILES string of the molecule is CCCCCCCCCCCCNC(=O)c1ccc(CN(Cc2ccc(C#N)cc2)OCC(=O)O)cc1. The summed E-state index contributed by atoms with van der Waals surface area (Å²) in [7, 11) is 0. The predicted octanol–water partition coefficient (Wildman–Crippen LogP) is 6.23. The van der Waals surface area contributed by atoms with Crippen molar-refractivity contribution in [1.82, 2.24) is 10.4 Å². The van der Waals surface area contributed by atoms with Crippen LogP contribution in [0.2, 0.25) is 0 Å². The normalized spacial score (nSPS) is 10.8. The molecule has 0 aliphatic rings. The van der Waals surface area contributed by atoms with E-state index in [-0.39, 0.29) is 5.91 Å². The molecule has 2 N–H and O–H groups in total. The Bertz CT molecular complexity index is 968. The number of carbonyl (C=O) groups is 2. The molecule has 7 nitrogen and oxygen atoms in total. The number of benzene rings is 2. The van der Waals surface area contributed by atoms with Gasteiger partial charge in [0.2, 0.25) is 0 Å². The molecule has 0 heterocycles. The topological polar surface area (TPSA) is 103 Å². The largest absolute Gasteiger partial charge is 0.479 e. The lowest BCUT2D eigenvalue weighted by atomic mass is 10.1. The number of amides is 1. The van der Waals surface area contributed by atoms with E-state index in [9.17, 15) is 9.59 Å². The Morgan fingerprint density at radius 1 is 0.838 bits per heavy atom. The van der Waals surface area contributed by atoms with Gasteiger partial charge < -0.3 is 10.4 Å². The van der Waals surface area contributed by atoms with E-state index in [4.69, 9.17) is 15.2 Å².